The second kappa shape index (κ2) is 13.1. The fourth-order valence-electron chi connectivity index (χ4n) is 3.62. The molecule has 198 valence electrons. The zero-order chi connectivity index (χ0) is 26.9. The number of ether oxygens (including phenoxy) is 3. The molecule has 0 saturated heterocycles. The SMILES string of the molecule is CCOC(=O)CN(Cc1cccc(OCCN(C)c2nc3ccccc3s2)c1)C(=O)Oc1cccc(Cl)c1. The smallest absolute Gasteiger partial charge is 0.416 e. The number of rotatable bonds is 11. The molecule has 0 fully saturated rings. The molecule has 0 spiro atoms. The number of nitrogens with zero attached hydrogens (tertiary/aromatic N) is 3. The van der Waals surface area contributed by atoms with Crippen LogP contribution in [-0.2, 0) is 16.1 Å². The van der Waals surface area contributed by atoms with E-state index in [0.717, 1.165) is 20.9 Å². The lowest BCUT2D eigenvalue weighted by Crippen LogP contribution is -2.38. The molecule has 1 heterocycles. The number of carbonyl (C=O) groups excluding carboxylic acids is 2. The normalized spacial score (nSPS) is 10.7. The van der Waals surface area contributed by atoms with E-state index in [9.17, 15) is 9.59 Å². The van der Waals surface area contributed by atoms with Crippen molar-refractivity contribution in [2.75, 3.05) is 38.3 Å². The summed E-state index contributed by atoms with van der Waals surface area (Å²) in [6.45, 7) is 2.88. The van der Waals surface area contributed by atoms with E-state index in [1.165, 1.54) is 11.0 Å². The predicted molar refractivity (Wildman–Crippen MR) is 149 cm³/mol. The van der Waals surface area contributed by atoms with Crippen LogP contribution in [0.2, 0.25) is 5.02 Å². The summed E-state index contributed by atoms with van der Waals surface area (Å²) in [5.74, 6) is 0.408. The molecule has 0 aliphatic carbocycles. The lowest BCUT2D eigenvalue weighted by atomic mass is 10.2. The number of amides is 1. The first-order chi connectivity index (χ1) is 18.4. The highest BCUT2D eigenvalue weighted by Crippen LogP contribution is 2.27. The Morgan fingerprint density at radius 1 is 1.00 bits per heavy atom. The first-order valence-corrected chi connectivity index (χ1v) is 13.3. The Morgan fingerprint density at radius 3 is 2.58 bits per heavy atom. The number of likely N-dealkylation sites (N-methyl/N-ethyl adjacent to an activating group) is 1. The third kappa shape index (κ3) is 7.60. The fraction of sp³-hybridized carbons (Fsp3) is 0.250. The molecule has 4 rings (SSSR count). The van der Waals surface area contributed by atoms with Gasteiger partial charge in [0.2, 0.25) is 0 Å². The van der Waals surface area contributed by atoms with Crippen molar-refractivity contribution in [3.05, 3.63) is 83.4 Å². The van der Waals surface area contributed by atoms with E-state index < -0.39 is 12.1 Å². The van der Waals surface area contributed by atoms with Crippen molar-refractivity contribution >= 4 is 50.3 Å². The Kier molecular flexibility index (Phi) is 9.40. The molecule has 0 aliphatic rings. The van der Waals surface area contributed by atoms with E-state index in [1.807, 2.05) is 49.5 Å². The average Bonchev–Trinajstić information content (AvgIpc) is 3.33. The van der Waals surface area contributed by atoms with Gasteiger partial charge < -0.3 is 19.1 Å². The Morgan fingerprint density at radius 2 is 1.79 bits per heavy atom. The zero-order valence-corrected chi connectivity index (χ0v) is 22.7. The van der Waals surface area contributed by atoms with Gasteiger partial charge in [-0.15, -0.1) is 0 Å². The van der Waals surface area contributed by atoms with Crippen molar-refractivity contribution in [3.8, 4) is 11.5 Å². The summed E-state index contributed by atoms with van der Waals surface area (Å²) in [6.07, 6.45) is -0.691. The van der Waals surface area contributed by atoms with Crippen molar-refractivity contribution < 1.29 is 23.8 Å². The quantitative estimate of drug-likeness (QED) is 0.210. The molecule has 0 aliphatic heterocycles. The number of aromatic nitrogens is 1. The van der Waals surface area contributed by atoms with Crippen LogP contribution in [0.4, 0.5) is 9.93 Å². The minimum Gasteiger partial charge on any atom is -0.492 e. The van der Waals surface area contributed by atoms with Gasteiger partial charge in [-0.05, 0) is 55.0 Å². The lowest BCUT2D eigenvalue weighted by molar-refractivity contribution is -0.144. The number of hydrogen-bond acceptors (Lipinski definition) is 8. The Bertz CT molecular complexity index is 1360. The van der Waals surface area contributed by atoms with Crippen molar-refractivity contribution in [3.63, 3.8) is 0 Å². The van der Waals surface area contributed by atoms with Gasteiger partial charge in [0, 0.05) is 18.6 Å². The standard InChI is InChI=1S/C28H28ClN3O5S/c1-3-35-26(33)19-32(28(34)37-23-11-7-9-21(29)17-23)18-20-8-6-10-22(16-20)36-15-14-31(2)27-30-24-12-4-5-13-25(24)38-27/h4-13,16-17H,3,14-15,18-19H2,1-2H3. The number of thiazole rings is 1. The number of benzene rings is 3. The number of fused-ring (bicyclic) bond motifs is 1. The van der Waals surface area contributed by atoms with Crippen LogP contribution in [0.5, 0.6) is 11.5 Å². The van der Waals surface area contributed by atoms with E-state index >= 15 is 0 Å². The van der Waals surface area contributed by atoms with Crippen molar-refractivity contribution in [1.29, 1.82) is 0 Å². The van der Waals surface area contributed by atoms with Crippen LogP contribution < -0.4 is 14.4 Å². The van der Waals surface area contributed by atoms with Gasteiger partial charge in [0.25, 0.3) is 0 Å². The molecule has 1 aromatic heterocycles. The first kappa shape index (κ1) is 27.2. The molecule has 1 amide bonds. The lowest BCUT2D eigenvalue weighted by Gasteiger charge is -2.21. The van der Waals surface area contributed by atoms with Gasteiger partial charge in [-0.2, -0.15) is 0 Å². The summed E-state index contributed by atoms with van der Waals surface area (Å²) in [5, 5.41) is 1.36. The van der Waals surface area contributed by atoms with Gasteiger partial charge in [0.15, 0.2) is 5.13 Å². The third-order valence-corrected chi connectivity index (χ3v) is 6.85. The van der Waals surface area contributed by atoms with Crippen molar-refractivity contribution in [2.45, 2.75) is 13.5 Å². The van der Waals surface area contributed by atoms with Crippen LogP contribution in [0.25, 0.3) is 10.2 Å². The summed E-state index contributed by atoms with van der Waals surface area (Å²) in [5.41, 5.74) is 1.75. The van der Waals surface area contributed by atoms with Gasteiger partial charge in [-0.3, -0.25) is 9.69 Å². The maximum Gasteiger partial charge on any atom is 0.416 e. The molecule has 10 heteroatoms. The largest absolute Gasteiger partial charge is 0.492 e. The second-order valence-electron chi connectivity index (χ2n) is 8.37. The number of para-hydroxylation sites is 1. The van der Waals surface area contributed by atoms with E-state index in [2.05, 4.69) is 16.0 Å². The summed E-state index contributed by atoms with van der Waals surface area (Å²) >= 11 is 7.63. The molecule has 38 heavy (non-hydrogen) atoms. The van der Waals surface area contributed by atoms with Gasteiger partial charge >= 0.3 is 12.1 Å². The summed E-state index contributed by atoms with van der Waals surface area (Å²) in [6, 6.07) is 21.9. The maximum absolute atomic E-state index is 12.9. The monoisotopic (exact) mass is 553 g/mol. The number of carbonyl (C=O) groups is 2. The van der Waals surface area contributed by atoms with Crippen LogP contribution >= 0.6 is 22.9 Å². The topological polar surface area (TPSA) is 81.2 Å². The molecular formula is C28H28ClN3O5S. The highest BCUT2D eigenvalue weighted by molar-refractivity contribution is 7.22. The highest BCUT2D eigenvalue weighted by atomic mass is 35.5. The summed E-state index contributed by atoms with van der Waals surface area (Å²) in [4.78, 5) is 33.1. The summed E-state index contributed by atoms with van der Waals surface area (Å²) < 4.78 is 17.6. The number of halogens is 1. The van der Waals surface area contributed by atoms with Crippen LogP contribution in [0.3, 0.4) is 0 Å². The molecule has 0 atom stereocenters. The van der Waals surface area contributed by atoms with Crippen molar-refractivity contribution in [1.82, 2.24) is 9.88 Å². The highest BCUT2D eigenvalue weighted by Gasteiger charge is 2.21. The number of esters is 1. The number of anilines is 1. The van der Waals surface area contributed by atoms with Crippen LogP contribution in [-0.4, -0.2) is 55.3 Å². The van der Waals surface area contributed by atoms with Crippen LogP contribution in [0.1, 0.15) is 12.5 Å². The minimum atomic E-state index is -0.691. The van der Waals surface area contributed by atoms with Gasteiger partial charge in [-0.1, -0.05) is 53.3 Å². The molecule has 0 bridgehead atoms. The van der Waals surface area contributed by atoms with E-state index in [-0.39, 0.29) is 25.4 Å². The van der Waals surface area contributed by atoms with E-state index in [4.69, 9.17) is 25.8 Å². The molecule has 0 radical (unpaired) electrons. The van der Waals surface area contributed by atoms with Gasteiger partial charge in [-0.25, -0.2) is 9.78 Å². The number of hydrogen-bond donors (Lipinski definition) is 0. The fourth-order valence-corrected chi connectivity index (χ4v) is 4.75. The Hall–Kier alpha value is -3.82. The summed E-state index contributed by atoms with van der Waals surface area (Å²) in [7, 11) is 1.98. The maximum atomic E-state index is 12.9. The Labute approximate surface area is 230 Å². The second-order valence-corrected chi connectivity index (χ2v) is 9.81. The van der Waals surface area contributed by atoms with Crippen LogP contribution in [0.15, 0.2) is 72.8 Å². The van der Waals surface area contributed by atoms with E-state index in [1.54, 1.807) is 36.5 Å². The van der Waals surface area contributed by atoms with Crippen LogP contribution in [0, 0.1) is 0 Å². The average molecular weight is 554 g/mol. The molecule has 8 nitrogen and oxygen atoms in total. The molecule has 0 unspecified atom stereocenters. The minimum absolute atomic E-state index is 0.126. The van der Waals surface area contributed by atoms with E-state index in [0.29, 0.717) is 23.9 Å². The molecular weight excluding hydrogens is 526 g/mol. The zero-order valence-electron chi connectivity index (χ0n) is 21.1. The molecule has 0 N–H and O–H groups in total. The van der Waals surface area contributed by atoms with Gasteiger partial charge in [0.05, 0.1) is 23.4 Å². The molecule has 0 saturated carbocycles. The predicted octanol–water partition coefficient (Wildman–Crippen LogP) is 6.03. The van der Waals surface area contributed by atoms with Gasteiger partial charge in [0.1, 0.15) is 24.7 Å². The Balaban J connectivity index is 1.37. The van der Waals surface area contributed by atoms with Crippen molar-refractivity contribution in [2.24, 2.45) is 0 Å². The molecule has 4 aromatic rings. The third-order valence-electron chi connectivity index (χ3n) is 5.46. The molecule has 3 aromatic carbocycles. The first-order valence-electron chi connectivity index (χ1n) is 12.1.